The second-order valence-corrected chi connectivity index (χ2v) is 5.52. The molecule has 2 aromatic carbocycles. The number of hydrogen-bond acceptors (Lipinski definition) is 5. The Morgan fingerprint density at radius 1 is 1.17 bits per heavy atom. The third-order valence-corrected chi connectivity index (χ3v) is 3.78. The van der Waals surface area contributed by atoms with Gasteiger partial charge in [0, 0.05) is 11.6 Å². The van der Waals surface area contributed by atoms with E-state index in [1.165, 1.54) is 12.1 Å². The Kier molecular flexibility index (Phi) is 4.03. The molecule has 0 atom stereocenters. The molecule has 114 valence electrons. The number of aliphatic imine (C=N–C) groups is 1. The number of nitrogens with zero attached hydrogens (tertiary/aromatic N) is 2. The van der Waals surface area contributed by atoms with Crippen LogP contribution < -0.4 is 0 Å². The largest absolute Gasteiger partial charge is 0.402 e. The molecule has 6 nitrogen and oxygen atoms in total. The number of ether oxygens (including phenoxy) is 1. The fourth-order valence-corrected chi connectivity index (χ4v) is 2.42. The molecule has 1 aliphatic heterocycles. The fourth-order valence-electron chi connectivity index (χ4n) is 2.03. The van der Waals surface area contributed by atoms with E-state index in [-0.39, 0.29) is 17.3 Å². The Hall–Kier alpha value is -2.80. The number of carbonyl (C=O) groups excluding carboxylic acids is 1. The summed E-state index contributed by atoms with van der Waals surface area (Å²) in [6, 6.07) is 13.6. The molecule has 0 radical (unpaired) electrons. The molecule has 0 saturated heterocycles. The van der Waals surface area contributed by atoms with Crippen LogP contribution in [0.3, 0.4) is 0 Å². The maximum absolute atomic E-state index is 11.9. The van der Waals surface area contributed by atoms with Gasteiger partial charge in [-0.2, -0.15) is 0 Å². The highest BCUT2D eigenvalue weighted by Crippen LogP contribution is 2.27. The van der Waals surface area contributed by atoms with Gasteiger partial charge in [0.25, 0.3) is 5.69 Å². The number of benzene rings is 2. The number of rotatable bonds is 3. The quantitative estimate of drug-likeness (QED) is 0.356. The van der Waals surface area contributed by atoms with E-state index in [4.69, 9.17) is 4.74 Å². The average molecular weight is 373 g/mol. The number of esters is 1. The summed E-state index contributed by atoms with van der Waals surface area (Å²) in [6.45, 7) is 0. The summed E-state index contributed by atoms with van der Waals surface area (Å²) in [7, 11) is 0. The van der Waals surface area contributed by atoms with Crippen LogP contribution in [-0.4, -0.2) is 16.8 Å². The first kappa shape index (κ1) is 15.1. The van der Waals surface area contributed by atoms with Gasteiger partial charge in [-0.1, -0.05) is 24.3 Å². The van der Waals surface area contributed by atoms with E-state index in [2.05, 4.69) is 20.9 Å². The van der Waals surface area contributed by atoms with Crippen LogP contribution in [0.25, 0.3) is 6.08 Å². The van der Waals surface area contributed by atoms with Crippen LogP contribution in [0, 0.1) is 10.1 Å². The van der Waals surface area contributed by atoms with Gasteiger partial charge in [0.15, 0.2) is 5.70 Å². The molecule has 0 N–H and O–H groups in total. The van der Waals surface area contributed by atoms with Crippen molar-refractivity contribution >= 4 is 39.6 Å². The molecule has 2 aromatic rings. The van der Waals surface area contributed by atoms with Crippen molar-refractivity contribution in [3.63, 3.8) is 0 Å². The van der Waals surface area contributed by atoms with E-state index in [9.17, 15) is 14.9 Å². The van der Waals surface area contributed by atoms with E-state index >= 15 is 0 Å². The van der Waals surface area contributed by atoms with Crippen LogP contribution in [-0.2, 0) is 9.53 Å². The minimum Gasteiger partial charge on any atom is -0.402 e. The minimum absolute atomic E-state index is 0.0852. The van der Waals surface area contributed by atoms with E-state index in [1.807, 2.05) is 18.2 Å². The molecule has 0 fully saturated rings. The molecule has 0 amide bonds. The van der Waals surface area contributed by atoms with Crippen molar-refractivity contribution in [2.75, 3.05) is 0 Å². The van der Waals surface area contributed by atoms with Gasteiger partial charge in [0.05, 0.1) is 9.40 Å². The van der Waals surface area contributed by atoms with Crippen LogP contribution in [0.15, 0.2) is 63.7 Å². The molecule has 0 aliphatic carbocycles. The van der Waals surface area contributed by atoms with Gasteiger partial charge in [-0.3, -0.25) is 10.1 Å². The van der Waals surface area contributed by atoms with Crippen LogP contribution in [0.5, 0.6) is 0 Å². The van der Waals surface area contributed by atoms with E-state index in [0.717, 1.165) is 0 Å². The molecule has 1 aliphatic rings. The molecule has 0 spiro atoms. The van der Waals surface area contributed by atoms with Crippen LogP contribution >= 0.6 is 15.9 Å². The first-order valence-electron chi connectivity index (χ1n) is 6.56. The Labute approximate surface area is 139 Å². The van der Waals surface area contributed by atoms with Crippen molar-refractivity contribution in [1.29, 1.82) is 0 Å². The van der Waals surface area contributed by atoms with Crippen molar-refractivity contribution in [2.45, 2.75) is 0 Å². The first-order chi connectivity index (χ1) is 11.0. The van der Waals surface area contributed by atoms with Crippen molar-refractivity contribution in [3.8, 4) is 0 Å². The Bertz CT molecular complexity index is 860. The second kappa shape index (κ2) is 6.13. The highest BCUT2D eigenvalue weighted by Gasteiger charge is 2.24. The maximum Gasteiger partial charge on any atom is 0.363 e. The lowest BCUT2D eigenvalue weighted by Crippen LogP contribution is -2.04. The number of cyclic esters (lactones) is 1. The third kappa shape index (κ3) is 3.19. The van der Waals surface area contributed by atoms with Gasteiger partial charge in [-0.25, -0.2) is 9.79 Å². The van der Waals surface area contributed by atoms with Crippen LogP contribution in [0.2, 0.25) is 0 Å². The lowest BCUT2D eigenvalue weighted by atomic mass is 10.1. The number of hydrogen-bond donors (Lipinski definition) is 0. The highest BCUT2D eigenvalue weighted by molar-refractivity contribution is 9.10. The molecule has 7 heteroatoms. The standard InChI is InChI=1S/C16H9BrN2O4/c17-12-7-6-10(9-14(12)19(21)22)8-13-16(20)23-15(18-13)11-4-2-1-3-5-11/h1-9H/b13-8-. The molecule has 0 unspecified atom stereocenters. The summed E-state index contributed by atoms with van der Waals surface area (Å²) < 4.78 is 5.50. The Balaban J connectivity index is 1.97. The molecular formula is C16H9BrN2O4. The third-order valence-electron chi connectivity index (χ3n) is 3.11. The van der Waals surface area contributed by atoms with Crippen LogP contribution in [0.1, 0.15) is 11.1 Å². The summed E-state index contributed by atoms with van der Waals surface area (Å²) in [6.07, 6.45) is 1.46. The molecule has 23 heavy (non-hydrogen) atoms. The summed E-state index contributed by atoms with van der Waals surface area (Å²) in [5, 5.41) is 10.9. The smallest absolute Gasteiger partial charge is 0.363 e. The zero-order valence-electron chi connectivity index (χ0n) is 11.6. The summed E-state index contributed by atoms with van der Waals surface area (Å²) in [5.74, 6) is -0.372. The predicted molar refractivity (Wildman–Crippen MR) is 87.8 cm³/mol. The first-order valence-corrected chi connectivity index (χ1v) is 7.36. The normalized spacial score (nSPS) is 15.4. The van der Waals surface area contributed by atoms with Gasteiger partial charge >= 0.3 is 5.97 Å². The molecular weight excluding hydrogens is 364 g/mol. The lowest BCUT2D eigenvalue weighted by molar-refractivity contribution is -0.385. The summed E-state index contributed by atoms with van der Waals surface area (Å²) in [4.78, 5) is 26.5. The lowest BCUT2D eigenvalue weighted by Gasteiger charge is -1.98. The van der Waals surface area contributed by atoms with E-state index < -0.39 is 10.9 Å². The van der Waals surface area contributed by atoms with Crippen molar-refractivity contribution in [2.24, 2.45) is 4.99 Å². The zero-order chi connectivity index (χ0) is 16.4. The summed E-state index contributed by atoms with van der Waals surface area (Å²) in [5.41, 5.74) is 1.19. The molecule has 3 rings (SSSR count). The van der Waals surface area contributed by atoms with Crippen molar-refractivity contribution in [1.82, 2.24) is 0 Å². The fraction of sp³-hybridized carbons (Fsp3) is 0. The molecule has 0 saturated carbocycles. The van der Waals surface area contributed by atoms with Gasteiger partial charge in [0.2, 0.25) is 5.90 Å². The van der Waals surface area contributed by atoms with E-state index in [0.29, 0.717) is 15.6 Å². The molecule has 1 heterocycles. The zero-order valence-corrected chi connectivity index (χ0v) is 13.2. The van der Waals surface area contributed by atoms with Gasteiger partial charge in [-0.15, -0.1) is 0 Å². The van der Waals surface area contributed by atoms with E-state index in [1.54, 1.807) is 24.3 Å². The van der Waals surface area contributed by atoms with Crippen molar-refractivity contribution < 1.29 is 14.5 Å². The number of nitro groups is 1. The summed E-state index contributed by atoms with van der Waals surface area (Å²) >= 11 is 3.11. The van der Waals surface area contributed by atoms with Gasteiger partial charge < -0.3 is 4.74 Å². The van der Waals surface area contributed by atoms with Crippen LogP contribution in [0.4, 0.5) is 5.69 Å². The maximum atomic E-state index is 11.9. The monoisotopic (exact) mass is 372 g/mol. The van der Waals surface area contributed by atoms with Gasteiger partial charge in [0.1, 0.15) is 0 Å². The average Bonchev–Trinajstić information content (AvgIpc) is 2.91. The number of carbonyl (C=O) groups is 1. The number of nitro benzene ring substituents is 1. The highest BCUT2D eigenvalue weighted by atomic mass is 79.9. The minimum atomic E-state index is -0.588. The Morgan fingerprint density at radius 2 is 1.91 bits per heavy atom. The topological polar surface area (TPSA) is 81.8 Å². The predicted octanol–water partition coefficient (Wildman–Crippen LogP) is 3.70. The van der Waals surface area contributed by atoms with Crippen molar-refractivity contribution in [3.05, 3.63) is 79.9 Å². The SMILES string of the molecule is O=C1OC(c2ccccc2)=N/C1=C\c1ccc(Br)c([N+](=O)[O-])c1. The molecule has 0 aromatic heterocycles. The Morgan fingerprint density at radius 3 is 2.61 bits per heavy atom. The second-order valence-electron chi connectivity index (χ2n) is 4.67. The van der Waals surface area contributed by atoms with Gasteiger partial charge in [-0.05, 0) is 45.8 Å². The molecule has 0 bridgehead atoms. The number of halogens is 1.